The van der Waals surface area contributed by atoms with E-state index in [1.165, 1.54) is 11.9 Å². The molecular weight excluding hydrogens is 248 g/mol. The molecule has 96 valence electrons. The van der Waals surface area contributed by atoms with Crippen molar-refractivity contribution in [1.29, 1.82) is 0 Å². The molecule has 0 aromatic heterocycles. The third-order valence-corrected chi connectivity index (χ3v) is 2.75. The number of hydrogen-bond donors (Lipinski definition) is 2. The van der Waals surface area contributed by atoms with Gasteiger partial charge in [0.2, 0.25) is 0 Å². The summed E-state index contributed by atoms with van der Waals surface area (Å²) in [5.74, 6) is -0.121. The third-order valence-electron chi connectivity index (χ3n) is 2.22. The number of benzene rings is 1. The molecule has 0 spiro atoms. The largest absolute Gasteiger partial charge is 0.352 e. The van der Waals surface area contributed by atoms with E-state index >= 15 is 0 Å². The van der Waals surface area contributed by atoms with E-state index in [0.29, 0.717) is 17.7 Å². The van der Waals surface area contributed by atoms with Crippen molar-refractivity contribution < 1.29 is 9.59 Å². The normalized spacial score (nSPS) is 9.78. The molecule has 1 aromatic rings. The van der Waals surface area contributed by atoms with Crippen LogP contribution in [0, 0.1) is 0 Å². The van der Waals surface area contributed by atoms with Crippen molar-refractivity contribution in [1.82, 2.24) is 10.0 Å². The van der Waals surface area contributed by atoms with Gasteiger partial charge < -0.3 is 5.32 Å². The van der Waals surface area contributed by atoms with Crippen LogP contribution < -0.4 is 10.0 Å². The van der Waals surface area contributed by atoms with E-state index in [4.69, 9.17) is 0 Å². The predicted molar refractivity (Wildman–Crippen MR) is 74.6 cm³/mol. The summed E-state index contributed by atoms with van der Waals surface area (Å²) in [5, 5.41) is 4.53. The zero-order valence-corrected chi connectivity index (χ0v) is 10.8. The lowest BCUT2D eigenvalue weighted by Gasteiger charge is -2.05. The van der Waals surface area contributed by atoms with Crippen molar-refractivity contribution in [3.8, 4) is 0 Å². The number of rotatable bonds is 8. The highest BCUT2D eigenvalue weighted by Crippen LogP contribution is 2.02. The molecule has 0 saturated carbocycles. The Morgan fingerprint density at radius 1 is 1.28 bits per heavy atom. The molecule has 0 unspecified atom stereocenters. The van der Waals surface area contributed by atoms with Crippen molar-refractivity contribution in [2.24, 2.45) is 0 Å². The van der Waals surface area contributed by atoms with Gasteiger partial charge in [0.05, 0.1) is 0 Å². The van der Waals surface area contributed by atoms with Gasteiger partial charge in [-0.05, 0) is 24.0 Å². The van der Waals surface area contributed by atoms with Crippen LogP contribution in [0.15, 0.2) is 36.3 Å². The van der Waals surface area contributed by atoms with Crippen LogP contribution in [-0.4, -0.2) is 25.3 Å². The zero-order chi connectivity index (χ0) is 13.2. The summed E-state index contributed by atoms with van der Waals surface area (Å²) in [6, 6.07) is 6.55. The van der Waals surface area contributed by atoms with Crippen LogP contribution in [0.25, 0.3) is 0 Å². The topological polar surface area (TPSA) is 58.2 Å². The van der Waals surface area contributed by atoms with Crippen molar-refractivity contribution in [3.05, 3.63) is 47.4 Å². The SMILES string of the molecule is C=CSNCCCNC(=O)c1ccc(C=O)cc1. The Hall–Kier alpha value is -1.59. The molecule has 2 N–H and O–H groups in total. The lowest BCUT2D eigenvalue weighted by atomic mass is 10.1. The number of carbonyl (C=O) groups is 2. The summed E-state index contributed by atoms with van der Waals surface area (Å²) in [4.78, 5) is 22.2. The van der Waals surface area contributed by atoms with Crippen molar-refractivity contribution in [2.45, 2.75) is 6.42 Å². The van der Waals surface area contributed by atoms with E-state index in [1.54, 1.807) is 29.7 Å². The van der Waals surface area contributed by atoms with E-state index in [-0.39, 0.29) is 5.91 Å². The Bertz CT molecular complexity index is 404. The van der Waals surface area contributed by atoms with E-state index in [1.807, 2.05) is 0 Å². The van der Waals surface area contributed by atoms with Crippen LogP contribution >= 0.6 is 11.9 Å². The van der Waals surface area contributed by atoms with Gasteiger partial charge in [-0.25, -0.2) is 0 Å². The molecule has 0 saturated heterocycles. The number of hydrogen-bond acceptors (Lipinski definition) is 4. The van der Waals surface area contributed by atoms with Gasteiger partial charge in [0.1, 0.15) is 6.29 Å². The van der Waals surface area contributed by atoms with Crippen LogP contribution in [0.5, 0.6) is 0 Å². The highest BCUT2D eigenvalue weighted by Gasteiger charge is 2.03. The average Bonchev–Trinajstić information content (AvgIpc) is 2.42. The Kier molecular flexibility index (Phi) is 6.83. The van der Waals surface area contributed by atoms with Crippen molar-refractivity contribution >= 4 is 24.1 Å². The summed E-state index contributed by atoms with van der Waals surface area (Å²) in [5.41, 5.74) is 1.13. The van der Waals surface area contributed by atoms with Crippen molar-refractivity contribution in [2.75, 3.05) is 13.1 Å². The molecule has 4 nitrogen and oxygen atoms in total. The lowest BCUT2D eigenvalue weighted by Crippen LogP contribution is -2.26. The smallest absolute Gasteiger partial charge is 0.251 e. The molecule has 0 radical (unpaired) electrons. The number of nitrogens with one attached hydrogen (secondary N) is 2. The highest BCUT2D eigenvalue weighted by molar-refractivity contribution is 8.00. The quantitative estimate of drug-likeness (QED) is 0.428. The van der Waals surface area contributed by atoms with Gasteiger partial charge in [-0.2, -0.15) is 0 Å². The van der Waals surface area contributed by atoms with E-state index in [2.05, 4.69) is 16.6 Å². The maximum absolute atomic E-state index is 11.7. The number of carbonyl (C=O) groups excluding carboxylic acids is 2. The molecule has 0 aliphatic heterocycles. The summed E-state index contributed by atoms with van der Waals surface area (Å²) in [6.45, 7) is 4.98. The standard InChI is InChI=1S/C13H16N2O2S/c1-2-18-15-9-3-8-14-13(17)12-6-4-11(10-16)5-7-12/h2,4-7,10,15H,1,3,8-9H2,(H,14,17). The molecule has 0 heterocycles. The Labute approximate surface area is 111 Å². The summed E-state index contributed by atoms with van der Waals surface area (Å²) < 4.78 is 3.07. The molecule has 0 fully saturated rings. The first-order valence-electron chi connectivity index (χ1n) is 5.61. The fourth-order valence-corrected chi connectivity index (χ4v) is 1.68. The highest BCUT2D eigenvalue weighted by atomic mass is 32.2. The van der Waals surface area contributed by atoms with Crippen LogP contribution in [0.3, 0.4) is 0 Å². The second-order valence-electron chi connectivity index (χ2n) is 3.53. The minimum Gasteiger partial charge on any atom is -0.352 e. The van der Waals surface area contributed by atoms with Gasteiger partial charge in [0, 0.05) is 24.2 Å². The van der Waals surface area contributed by atoms with E-state index in [0.717, 1.165) is 19.3 Å². The summed E-state index contributed by atoms with van der Waals surface area (Å²) in [7, 11) is 0. The lowest BCUT2D eigenvalue weighted by molar-refractivity contribution is 0.0952. The molecule has 0 bridgehead atoms. The van der Waals surface area contributed by atoms with Gasteiger partial charge in [0.25, 0.3) is 5.91 Å². The molecule has 0 aliphatic carbocycles. The minimum atomic E-state index is -0.121. The second kappa shape index (κ2) is 8.49. The van der Waals surface area contributed by atoms with Gasteiger partial charge in [0.15, 0.2) is 0 Å². The van der Waals surface area contributed by atoms with Gasteiger partial charge in [-0.3, -0.25) is 14.3 Å². The van der Waals surface area contributed by atoms with E-state index < -0.39 is 0 Å². The summed E-state index contributed by atoms with van der Waals surface area (Å²) >= 11 is 1.44. The van der Waals surface area contributed by atoms with Crippen molar-refractivity contribution in [3.63, 3.8) is 0 Å². The average molecular weight is 264 g/mol. The molecule has 0 aliphatic rings. The molecule has 18 heavy (non-hydrogen) atoms. The second-order valence-corrected chi connectivity index (χ2v) is 4.39. The molecule has 5 heteroatoms. The fraction of sp³-hybridized carbons (Fsp3) is 0.231. The third kappa shape index (κ3) is 5.16. The Morgan fingerprint density at radius 3 is 2.61 bits per heavy atom. The maximum atomic E-state index is 11.7. The first kappa shape index (κ1) is 14.5. The van der Waals surface area contributed by atoms with Gasteiger partial charge in [-0.1, -0.05) is 30.7 Å². The predicted octanol–water partition coefficient (Wildman–Crippen LogP) is 2.00. The number of amides is 1. The van der Waals surface area contributed by atoms with Crippen LogP contribution in [0.2, 0.25) is 0 Å². The number of aldehydes is 1. The first-order chi connectivity index (χ1) is 8.77. The molecule has 0 atom stereocenters. The van der Waals surface area contributed by atoms with Crippen LogP contribution in [0.1, 0.15) is 27.1 Å². The maximum Gasteiger partial charge on any atom is 0.251 e. The Balaban J connectivity index is 2.27. The molecular formula is C13H16N2O2S. The fourth-order valence-electron chi connectivity index (χ4n) is 1.30. The van der Waals surface area contributed by atoms with Gasteiger partial charge >= 0.3 is 0 Å². The van der Waals surface area contributed by atoms with Gasteiger partial charge in [-0.15, -0.1) is 0 Å². The molecule has 1 aromatic carbocycles. The van der Waals surface area contributed by atoms with E-state index in [9.17, 15) is 9.59 Å². The molecule has 1 rings (SSSR count). The summed E-state index contributed by atoms with van der Waals surface area (Å²) in [6.07, 6.45) is 1.60. The first-order valence-corrected chi connectivity index (χ1v) is 6.48. The van der Waals surface area contributed by atoms with Crippen LogP contribution in [0.4, 0.5) is 0 Å². The van der Waals surface area contributed by atoms with Crippen LogP contribution in [-0.2, 0) is 0 Å². The molecule has 1 amide bonds. The zero-order valence-electron chi connectivity index (χ0n) is 10.0. The Morgan fingerprint density at radius 2 is 2.00 bits per heavy atom. The monoisotopic (exact) mass is 264 g/mol. The minimum absolute atomic E-state index is 0.121.